The number of pyridine rings is 1. The van der Waals surface area contributed by atoms with E-state index in [0.29, 0.717) is 12.8 Å². The van der Waals surface area contributed by atoms with Crippen LogP contribution in [-0.4, -0.2) is 21.2 Å². The van der Waals surface area contributed by atoms with E-state index in [1.807, 2.05) is 12.1 Å². The molecule has 0 bridgehead atoms. The van der Waals surface area contributed by atoms with Gasteiger partial charge in [0.1, 0.15) is 0 Å². The van der Waals surface area contributed by atoms with E-state index in [9.17, 15) is 5.11 Å². The van der Waals surface area contributed by atoms with Crippen LogP contribution in [0.3, 0.4) is 0 Å². The maximum absolute atomic E-state index is 9.83. The highest BCUT2D eigenvalue weighted by Crippen LogP contribution is 2.11. The zero-order valence-electron chi connectivity index (χ0n) is 8.21. The first-order valence-electron chi connectivity index (χ1n) is 4.79. The molecule has 2 rings (SSSR count). The van der Waals surface area contributed by atoms with Gasteiger partial charge in [0.15, 0.2) is 0 Å². The van der Waals surface area contributed by atoms with E-state index in [-0.39, 0.29) is 6.10 Å². The molecule has 0 spiro atoms. The monoisotopic (exact) mass is 220 g/mol. The van der Waals surface area contributed by atoms with Gasteiger partial charge in [-0.1, -0.05) is 0 Å². The van der Waals surface area contributed by atoms with Crippen LogP contribution in [-0.2, 0) is 12.8 Å². The maximum atomic E-state index is 9.83. The summed E-state index contributed by atoms with van der Waals surface area (Å²) in [7, 11) is 0. The largest absolute Gasteiger partial charge is 0.392 e. The summed E-state index contributed by atoms with van der Waals surface area (Å²) in [6, 6.07) is 3.85. The highest BCUT2D eigenvalue weighted by Gasteiger charge is 2.07. The summed E-state index contributed by atoms with van der Waals surface area (Å²) in [5, 5.41) is 9.83. The molecule has 0 aliphatic heterocycles. The van der Waals surface area contributed by atoms with Crippen LogP contribution in [0, 0.1) is 0 Å². The van der Waals surface area contributed by atoms with Crippen LogP contribution in [0.2, 0.25) is 0 Å². The summed E-state index contributed by atoms with van der Waals surface area (Å²) in [6.07, 6.45) is 6.30. The topological polar surface area (TPSA) is 46.0 Å². The zero-order chi connectivity index (χ0) is 10.5. The molecule has 2 aromatic rings. The first-order chi connectivity index (χ1) is 7.34. The number of aromatic nitrogens is 2. The van der Waals surface area contributed by atoms with E-state index in [1.165, 1.54) is 0 Å². The zero-order valence-corrected chi connectivity index (χ0v) is 9.02. The third-order valence-electron chi connectivity index (χ3n) is 2.14. The van der Waals surface area contributed by atoms with E-state index >= 15 is 0 Å². The van der Waals surface area contributed by atoms with Gasteiger partial charge in [-0.25, -0.2) is 0 Å². The van der Waals surface area contributed by atoms with Gasteiger partial charge in [0, 0.05) is 29.9 Å². The van der Waals surface area contributed by atoms with Crippen molar-refractivity contribution in [3.8, 4) is 0 Å². The van der Waals surface area contributed by atoms with E-state index in [4.69, 9.17) is 0 Å². The second kappa shape index (κ2) is 5.00. The van der Waals surface area contributed by atoms with Crippen LogP contribution in [0.5, 0.6) is 0 Å². The van der Waals surface area contributed by atoms with Gasteiger partial charge in [0.2, 0.25) is 0 Å². The molecule has 0 aromatic carbocycles. The van der Waals surface area contributed by atoms with Crippen molar-refractivity contribution in [1.82, 2.24) is 9.97 Å². The molecule has 0 saturated carbocycles. The van der Waals surface area contributed by atoms with E-state index in [1.54, 1.807) is 35.4 Å². The minimum Gasteiger partial charge on any atom is -0.392 e. The van der Waals surface area contributed by atoms with Crippen LogP contribution < -0.4 is 0 Å². The molecule has 0 saturated heterocycles. The number of thiazole rings is 1. The first kappa shape index (κ1) is 10.3. The Balaban J connectivity index is 1.90. The highest BCUT2D eigenvalue weighted by atomic mass is 32.1. The molecule has 2 aromatic heterocycles. The van der Waals surface area contributed by atoms with Crippen LogP contribution in [0.15, 0.2) is 36.2 Å². The van der Waals surface area contributed by atoms with Crippen molar-refractivity contribution in [1.29, 1.82) is 0 Å². The van der Waals surface area contributed by atoms with E-state index in [0.717, 1.165) is 10.4 Å². The summed E-state index contributed by atoms with van der Waals surface area (Å²) in [4.78, 5) is 9.04. The molecule has 15 heavy (non-hydrogen) atoms. The van der Waals surface area contributed by atoms with Crippen LogP contribution in [0.1, 0.15) is 10.4 Å². The fraction of sp³-hybridized carbons (Fsp3) is 0.273. The maximum Gasteiger partial charge on any atom is 0.0794 e. The van der Waals surface area contributed by atoms with Crippen molar-refractivity contribution >= 4 is 11.3 Å². The van der Waals surface area contributed by atoms with Crippen molar-refractivity contribution in [2.75, 3.05) is 0 Å². The van der Waals surface area contributed by atoms with Gasteiger partial charge in [0.05, 0.1) is 11.6 Å². The number of aliphatic hydroxyl groups excluding tert-OH is 1. The minimum atomic E-state index is -0.340. The van der Waals surface area contributed by atoms with Crippen molar-refractivity contribution in [3.63, 3.8) is 0 Å². The predicted octanol–water partition coefficient (Wildman–Crippen LogP) is 1.68. The number of nitrogens with zero attached hydrogens (tertiary/aromatic N) is 2. The lowest BCUT2D eigenvalue weighted by Crippen LogP contribution is -2.13. The van der Waals surface area contributed by atoms with Gasteiger partial charge in [-0.15, -0.1) is 11.3 Å². The van der Waals surface area contributed by atoms with E-state index < -0.39 is 0 Å². The van der Waals surface area contributed by atoms with Gasteiger partial charge in [-0.2, -0.15) is 0 Å². The molecule has 2 heterocycles. The Kier molecular flexibility index (Phi) is 3.42. The smallest absolute Gasteiger partial charge is 0.0794 e. The Morgan fingerprint density at radius 3 is 2.67 bits per heavy atom. The summed E-state index contributed by atoms with van der Waals surface area (Å²) >= 11 is 1.58. The van der Waals surface area contributed by atoms with Crippen LogP contribution >= 0.6 is 11.3 Å². The normalized spacial score (nSPS) is 12.6. The number of rotatable bonds is 4. The highest BCUT2D eigenvalue weighted by molar-refractivity contribution is 7.09. The molecule has 0 aliphatic rings. The molecule has 3 nitrogen and oxygen atoms in total. The van der Waals surface area contributed by atoms with Crippen molar-refractivity contribution in [2.45, 2.75) is 18.9 Å². The lowest BCUT2D eigenvalue weighted by atomic mass is 10.1. The molecule has 0 radical (unpaired) electrons. The van der Waals surface area contributed by atoms with Crippen molar-refractivity contribution < 1.29 is 5.11 Å². The Labute approximate surface area is 92.5 Å². The summed E-state index contributed by atoms with van der Waals surface area (Å²) < 4.78 is 0. The SMILES string of the molecule is OC(Cc1ccncc1)Cc1cncs1. The van der Waals surface area contributed by atoms with Gasteiger partial charge >= 0.3 is 0 Å². The summed E-state index contributed by atoms with van der Waals surface area (Å²) in [5.41, 5.74) is 2.90. The quantitative estimate of drug-likeness (QED) is 0.852. The predicted molar refractivity (Wildman–Crippen MR) is 59.8 cm³/mol. The fourth-order valence-electron chi connectivity index (χ4n) is 1.44. The Hall–Kier alpha value is -1.26. The van der Waals surface area contributed by atoms with Gasteiger partial charge in [-0.05, 0) is 24.1 Å². The average molecular weight is 220 g/mol. The Morgan fingerprint density at radius 2 is 2.00 bits per heavy atom. The summed E-state index contributed by atoms with van der Waals surface area (Å²) in [5.74, 6) is 0. The average Bonchev–Trinajstić information content (AvgIpc) is 2.71. The first-order valence-corrected chi connectivity index (χ1v) is 5.67. The molecule has 1 atom stereocenters. The van der Waals surface area contributed by atoms with Gasteiger partial charge in [-0.3, -0.25) is 9.97 Å². The molecular weight excluding hydrogens is 208 g/mol. The Morgan fingerprint density at radius 1 is 1.20 bits per heavy atom. The fourth-order valence-corrected chi connectivity index (χ4v) is 2.11. The summed E-state index contributed by atoms with van der Waals surface area (Å²) in [6.45, 7) is 0. The van der Waals surface area contributed by atoms with Crippen molar-refractivity contribution in [3.05, 3.63) is 46.7 Å². The molecule has 4 heteroatoms. The molecule has 0 aliphatic carbocycles. The van der Waals surface area contributed by atoms with Gasteiger partial charge < -0.3 is 5.11 Å². The molecule has 78 valence electrons. The van der Waals surface area contributed by atoms with Crippen LogP contribution in [0.25, 0.3) is 0 Å². The molecule has 1 unspecified atom stereocenters. The minimum absolute atomic E-state index is 0.340. The molecule has 0 amide bonds. The van der Waals surface area contributed by atoms with Crippen molar-refractivity contribution in [2.24, 2.45) is 0 Å². The standard InChI is InChI=1S/C11H12N2OS/c14-10(6-11-7-13-8-15-11)5-9-1-3-12-4-2-9/h1-4,7-8,10,14H,5-6H2. The third kappa shape index (κ3) is 3.11. The Bertz CT molecular complexity index is 388. The number of aliphatic hydroxyl groups is 1. The van der Waals surface area contributed by atoms with Gasteiger partial charge in [0.25, 0.3) is 0 Å². The second-order valence-corrected chi connectivity index (χ2v) is 4.36. The second-order valence-electron chi connectivity index (χ2n) is 3.39. The number of hydrogen-bond acceptors (Lipinski definition) is 4. The lowest BCUT2D eigenvalue weighted by molar-refractivity contribution is 0.176. The van der Waals surface area contributed by atoms with Crippen LogP contribution in [0.4, 0.5) is 0 Å². The molecule has 0 fully saturated rings. The lowest BCUT2D eigenvalue weighted by Gasteiger charge is -2.08. The van der Waals surface area contributed by atoms with E-state index in [2.05, 4.69) is 9.97 Å². The number of hydrogen-bond donors (Lipinski definition) is 1. The molecular formula is C11H12N2OS. The third-order valence-corrected chi connectivity index (χ3v) is 2.94. The molecule has 1 N–H and O–H groups in total.